The number of rotatable bonds is 14. The monoisotopic (exact) mass is 527 g/mol. The van der Waals surface area contributed by atoms with Crippen molar-refractivity contribution in [2.45, 2.75) is 25.5 Å². The van der Waals surface area contributed by atoms with Crippen LogP contribution in [-0.4, -0.2) is 66.7 Å². The van der Waals surface area contributed by atoms with Gasteiger partial charge in [-0.15, -0.1) is 24.0 Å². The van der Waals surface area contributed by atoms with E-state index < -0.39 is 9.84 Å². The molecule has 0 unspecified atom stereocenters. The van der Waals surface area contributed by atoms with Gasteiger partial charge < -0.3 is 20.1 Å². The van der Waals surface area contributed by atoms with Crippen molar-refractivity contribution in [3.63, 3.8) is 0 Å². The Morgan fingerprint density at radius 1 is 1.07 bits per heavy atom. The van der Waals surface area contributed by atoms with Crippen LogP contribution in [0.25, 0.3) is 0 Å². The molecule has 1 aromatic rings. The van der Waals surface area contributed by atoms with E-state index in [0.29, 0.717) is 38.7 Å². The summed E-state index contributed by atoms with van der Waals surface area (Å²) in [7, 11) is -1.46. The van der Waals surface area contributed by atoms with Crippen molar-refractivity contribution in [1.29, 1.82) is 0 Å². The first-order chi connectivity index (χ1) is 13.1. The lowest BCUT2D eigenvalue weighted by molar-refractivity contribution is 0.0698. The molecule has 0 aliphatic rings. The van der Waals surface area contributed by atoms with Gasteiger partial charge in [0.2, 0.25) is 0 Å². The Kier molecular flexibility index (Phi) is 16.4. The van der Waals surface area contributed by atoms with E-state index in [1.807, 2.05) is 37.3 Å². The quantitative estimate of drug-likeness (QED) is 0.167. The standard InChI is InChI=1S/C19H33N3O4S.HI/c1-3-20-19(21-11-7-13-26-15-14-25-2)22-12-8-16-27(23,24)17-18-9-5-4-6-10-18;/h4-6,9-10H,3,7-8,11-17H2,1-2H3,(H2,20,21,22);1H. The molecule has 0 bridgehead atoms. The Balaban J connectivity index is 0.00000729. The maximum atomic E-state index is 12.2. The van der Waals surface area contributed by atoms with E-state index in [9.17, 15) is 8.42 Å². The van der Waals surface area contributed by atoms with Gasteiger partial charge in [0.25, 0.3) is 0 Å². The molecule has 7 nitrogen and oxygen atoms in total. The zero-order chi connectivity index (χ0) is 19.8. The first-order valence-corrected chi connectivity index (χ1v) is 11.2. The number of aliphatic imine (C=N–C) groups is 1. The van der Waals surface area contributed by atoms with E-state index >= 15 is 0 Å². The lowest BCUT2D eigenvalue weighted by Gasteiger charge is -2.11. The molecule has 0 saturated heterocycles. The van der Waals surface area contributed by atoms with Crippen LogP contribution in [0.1, 0.15) is 25.3 Å². The third kappa shape index (κ3) is 14.1. The second kappa shape index (κ2) is 17.0. The fraction of sp³-hybridized carbons (Fsp3) is 0.632. The van der Waals surface area contributed by atoms with Gasteiger partial charge in [-0.25, -0.2) is 8.42 Å². The highest BCUT2D eigenvalue weighted by Crippen LogP contribution is 2.07. The molecule has 28 heavy (non-hydrogen) atoms. The highest BCUT2D eigenvalue weighted by atomic mass is 127. The third-order valence-electron chi connectivity index (χ3n) is 3.65. The molecule has 0 radical (unpaired) electrons. The van der Waals surface area contributed by atoms with Crippen LogP contribution in [0.3, 0.4) is 0 Å². The fourth-order valence-electron chi connectivity index (χ4n) is 2.34. The minimum atomic E-state index is -3.11. The molecule has 162 valence electrons. The molecule has 2 N–H and O–H groups in total. The Morgan fingerprint density at radius 2 is 1.82 bits per heavy atom. The van der Waals surface area contributed by atoms with Gasteiger partial charge in [-0.3, -0.25) is 4.99 Å². The molecule has 0 atom stereocenters. The van der Waals surface area contributed by atoms with E-state index in [4.69, 9.17) is 9.47 Å². The van der Waals surface area contributed by atoms with Crippen LogP contribution in [0.2, 0.25) is 0 Å². The van der Waals surface area contributed by atoms with Crippen LogP contribution < -0.4 is 10.6 Å². The van der Waals surface area contributed by atoms with Crippen LogP contribution in [-0.2, 0) is 25.1 Å². The minimum Gasteiger partial charge on any atom is -0.382 e. The number of benzene rings is 1. The average Bonchev–Trinajstić information content (AvgIpc) is 2.64. The summed E-state index contributed by atoms with van der Waals surface area (Å²) in [4.78, 5) is 4.44. The molecule has 1 rings (SSSR count). The Bertz CT molecular complexity index is 627. The highest BCUT2D eigenvalue weighted by molar-refractivity contribution is 14.0. The van der Waals surface area contributed by atoms with Crippen molar-refractivity contribution in [2.24, 2.45) is 4.99 Å². The summed E-state index contributed by atoms with van der Waals surface area (Å²) < 4.78 is 34.7. The smallest absolute Gasteiger partial charge is 0.191 e. The van der Waals surface area contributed by atoms with Gasteiger partial charge in [0.1, 0.15) is 0 Å². The van der Waals surface area contributed by atoms with Gasteiger partial charge in [-0.1, -0.05) is 30.3 Å². The summed E-state index contributed by atoms with van der Waals surface area (Å²) >= 11 is 0. The number of hydrogen-bond donors (Lipinski definition) is 2. The maximum Gasteiger partial charge on any atom is 0.191 e. The van der Waals surface area contributed by atoms with Crippen molar-refractivity contribution in [2.75, 3.05) is 52.3 Å². The third-order valence-corrected chi connectivity index (χ3v) is 5.33. The number of methoxy groups -OCH3 is 1. The van der Waals surface area contributed by atoms with Gasteiger partial charge in [0, 0.05) is 33.4 Å². The Hall–Kier alpha value is -0.910. The number of guanidine groups is 1. The molecule has 0 amide bonds. The Morgan fingerprint density at radius 3 is 2.50 bits per heavy atom. The average molecular weight is 527 g/mol. The number of ether oxygens (including phenoxy) is 2. The SMILES string of the molecule is CCNC(=NCCCS(=O)(=O)Cc1ccccc1)NCCCOCCOC.I. The summed E-state index contributed by atoms with van der Waals surface area (Å²) in [6.07, 6.45) is 1.37. The van der Waals surface area contributed by atoms with Crippen LogP contribution >= 0.6 is 24.0 Å². The molecule has 0 aliphatic carbocycles. The topological polar surface area (TPSA) is 89.0 Å². The number of nitrogens with one attached hydrogen (secondary N) is 2. The molecule has 9 heteroatoms. The van der Waals surface area contributed by atoms with Crippen LogP contribution in [0.4, 0.5) is 0 Å². The molecule has 0 spiro atoms. The number of hydrogen-bond acceptors (Lipinski definition) is 5. The second-order valence-electron chi connectivity index (χ2n) is 6.08. The first-order valence-electron chi connectivity index (χ1n) is 9.40. The van der Waals surface area contributed by atoms with Crippen molar-refractivity contribution in [3.05, 3.63) is 35.9 Å². The van der Waals surface area contributed by atoms with Crippen LogP contribution in [0, 0.1) is 0 Å². The summed E-state index contributed by atoms with van der Waals surface area (Å²) in [6.45, 7) is 5.82. The predicted molar refractivity (Wildman–Crippen MR) is 125 cm³/mol. The minimum absolute atomic E-state index is 0. The summed E-state index contributed by atoms with van der Waals surface area (Å²) in [6, 6.07) is 9.26. The van der Waals surface area contributed by atoms with Gasteiger partial charge in [0.05, 0.1) is 24.7 Å². The summed E-state index contributed by atoms with van der Waals surface area (Å²) in [5, 5.41) is 6.39. The van der Waals surface area contributed by atoms with E-state index in [1.54, 1.807) is 7.11 Å². The highest BCUT2D eigenvalue weighted by Gasteiger charge is 2.11. The largest absolute Gasteiger partial charge is 0.382 e. The molecular weight excluding hydrogens is 493 g/mol. The van der Waals surface area contributed by atoms with Gasteiger partial charge in [-0.2, -0.15) is 0 Å². The second-order valence-corrected chi connectivity index (χ2v) is 8.26. The number of sulfone groups is 1. The van der Waals surface area contributed by atoms with Crippen molar-refractivity contribution >= 4 is 39.8 Å². The van der Waals surface area contributed by atoms with Crippen molar-refractivity contribution < 1.29 is 17.9 Å². The lowest BCUT2D eigenvalue weighted by atomic mass is 10.2. The zero-order valence-corrected chi connectivity index (χ0v) is 20.0. The molecule has 1 aromatic carbocycles. The zero-order valence-electron chi connectivity index (χ0n) is 16.9. The Labute approximate surface area is 186 Å². The summed E-state index contributed by atoms with van der Waals surface area (Å²) in [5.74, 6) is 0.923. The van der Waals surface area contributed by atoms with Crippen molar-refractivity contribution in [3.8, 4) is 0 Å². The lowest BCUT2D eigenvalue weighted by Crippen LogP contribution is -2.38. The van der Waals surface area contributed by atoms with Crippen molar-refractivity contribution in [1.82, 2.24) is 10.6 Å². The maximum absolute atomic E-state index is 12.2. The first kappa shape index (κ1) is 27.1. The van der Waals surface area contributed by atoms with E-state index in [0.717, 1.165) is 25.1 Å². The number of halogens is 1. The molecule has 0 fully saturated rings. The van der Waals surface area contributed by atoms with E-state index in [2.05, 4.69) is 15.6 Å². The molecule has 0 heterocycles. The van der Waals surface area contributed by atoms with Crippen LogP contribution in [0.5, 0.6) is 0 Å². The fourth-order valence-corrected chi connectivity index (χ4v) is 3.76. The van der Waals surface area contributed by atoms with E-state index in [1.165, 1.54) is 0 Å². The van der Waals surface area contributed by atoms with Gasteiger partial charge in [0.15, 0.2) is 15.8 Å². The molecule has 0 aromatic heterocycles. The predicted octanol–water partition coefficient (Wildman–Crippen LogP) is 2.22. The normalized spacial score (nSPS) is 11.7. The molecule has 0 aliphatic heterocycles. The molecular formula is C19H34IN3O4S. The summed E-state index contributed by atoms with van der Waals surface area (Å²) in [5.41, 5.74) is 0.823. The van der Waals surface area contributed by atoms with E-state index in [-0.39, 0.29) is 35.5 Å². The van der Waals surface area contributed by atoms with Gasteiger partial charge >= 0.3 is 0 Å². The van der Waals surface area contributed by atoms with Gasteiger partial charge in [-0.05, 0) is 25.3 Å². The molecule has 0 saturated carbocycles. The number of nitrogens with zero attached hydrogens (tertiary/aromatic N) is 1. The van der Waals surface area contributed by atoms with Crippen LogP contribution in [0.15, 0.2) is 35.3 Å².